The Balaban J connectivity index is 1.60. The average molecular weight is 457 g/mol. The fourth-order valence-electron chi connectivity index (χ4n) is 10.8. The van der Waals surface area contributed by atoms with Crippen LogP contribution >= 0.6 is 0 Å². The Kier molecular flexibility index (Phi) is 5.15. The predicted octanol–water partition coefficient (Wildman–Crippen LogP) is 7.09. The van der Waals surface area contributed by atoms with E-state index in [9.17, 15) is 15.0 Å². The predicted molar refractivity (Wildman–Crippen MR) is 133 cm³/mol. The van der Waals surface area contributed by atoms with Gasteiger partial charge in [0.1, 0.15) is 0 Å². The van der Waals surface area contributed by atoms with Crippen LogP contribution in [-0.4, -0.2) is 22.3 Å². The monoisotopic (exact) mass is 456 g/mol. The summed E-state index contributed by atoms with van der Waals surface area (Å²) in [6.07, 6.45) is 12.0. The summed E-state index contributed by atoms with van der Waals surface area (Å²) in [7, 11) is 0. The minimum atomic E-state index is -1.03. The first kappa shape index (κ1) is 23.9. The van der Waals surface area contributed by atoms with Crippen LogP contribution in [0.3, 0.4) is 0 Å². The Morgan fingerprint density at radius 1 is 0.909 bits per heavy atom. The highest BCUT2D eigenvalue weighted by molar-refractivity contribution is 5.76. The topological polar surface area (TPSA) is 57.5 Å². The Morgan fingerprint density at radius 3 is 2.27 bits per heavy atom. The molecule has 0 aromatic carbocycles. The van der Waals surface area contributed by atoms with E-state index in [1.807, 2.05) is 6.92 Å². The van der Waals surface area contributed by atoms with E-state index in [0.29, 0.717) is 23.7 Å². The van der Waals surface area contributed by atoms with Crippen LogP contribution in [0.25, 0.3) is 0 Å². The first-order chi connectivity index (χ1) is 15.3. The molecule has 0 aliphatic heterocycles. The van der Waals surface area contributed by atoms with Gasteiger partial charge in [0.2, 0.25) is 0 Å². The molecular weight excluding hydrogens is 408 g/mol. The number of fused-ring (bicyclic) bond motifs is 7. The van der Waals surface area contributed by atoms with Crippen molar-refractivity contribution in [1.82, 2.24) is 0 Å². The molecule has 5 rings (SSSR count). The summed E-state index contributed by atoms with van der Waals surface area (Å²) in [6.45, 7) is 17.0. The molecule has 11 atom stereocenters. The van der Waals surface area contributed by atoms with Crippen LogP contribution in [0.4, 0.5) is 0 Å². The van der Waals surface area contributed by atoms with Crippen LogP contribution in [0.2, 0.25) is 0 Å². The third-order valence-corrected chi connectivity index (χ3v) is 13.5. The van der Waals surface area contributed by atoms with Crippen molar-refractivity contribution < 1.29 is 15.0 Å². The lowest BCUT2D eigenvalue weighted by atomic mass is 9.33. The molecule has 186 valence electrons. The van der Waals surface area contributed by atoms with Gasteiger partial charge in [-0.25, -0.2) is 0 Å². The number of allylic oxidation sites excluding steroid dienone is 2. The van der Waals surface area contributed by atoms with Gasteiger partial charge in [0.25, 0.3) is 0 Å². The molecule has 0 aromatic heterocycles. The van der Waals surface area contributed by atoms with Crippen LogP contribution in [0.1, 0.15) is 106 Å². The van der Waals surface area contributed by atoms with E-state index in [4.69, 9.17) is 0 Å². The summed E-state index contributed by atoms with van der Waals surface area (Å²) in [5, 5.41) is 21.1. The highest BCUT2D eigenvalue weighted by atomic mass is 16.4. The summed E-state index contributed by atoms with van der Waals surface area (Å²) < 4.78 is 0. The van der Waals surface area contributed by atoms with Gasteiger partial charge in [-0.15, -0.1) is 0 Å². The molecule has 0 bridgehead atoms. The Hall–Kier alpha value is -0.830. The van der Waals surface area contributed by atoms with Crippen molar-refractivity contribution in [3.63, 3.8) is 0 Å². The smallest absolute Gasteiger partial charge is 0.312 e. The Bertz CT molecular complexity index is 878. The molecule has 0 saturated heterocycles. The fourth-order valence-corrected chi connectivity index (χ4v) is 10.8. The second kappa shape index (κ2) is 7.11. The molecule has 0 spiro atoms. The van der Waals surface area contributed by atoms with E-state index in [1.165, 1.54) is 25.7 Å². The molecule has 0 unspecified atom stereocenters. The number of carboxylic acids is 1. The SMILES string of the molecule is C[C@H]1[C@H](C)CC[C@@]2(C)CC[C@@]3(C)C(=CC[C@@H]4[C@@]5(C)CC[C@H](O)[C@@](C)(C(=O)O)[C@@H]5CC[C@]43C)[C@H]12. The Morgan fingerprint density at radius 2 is 1.61 bits per heavy atom. The van der Waals surface area contributed by atoms with Crippen LogP contribution in [0, 0.1) is 56.7 Å². The van der Waals surface area contributed by atoms with E-state index in [2.05, 4.69) is 47.6 Å². The number of aliphatic hydroxyl groups is 1. The standard InChI is InChI=1S/C30H48O3/c1-18-10-13-26(3)16-17-28(5)20(24(26)19(18)2)8-9-21-27(4)14-12-23(31)30(7,25(32)33)22(27)11-15-29(21,28)6/h8,18-19,21-24,31H,9-17H2,1-7H3,(H,32,33)/t18-,19+,21-,22-,23+,24+,26+,27-,28+,29-,30+/m1/s1. The molecular formula is C30H48O3. The minimum absolute atomic E-state index is 0.0311. The van der Waals surface area contributed by atoms with Gasteiger partial charge in [-0.3, -0.25) is 4.79 Å². The molecule has 3 heteroatoms. The van der Waals surface area contributed by atoms with E-state index < -0.39 is 17.5 Å². The third-order valence-electron chi connectivity index (χ3n) is 13.5. The number of carbonyl (C=O) groups is 1. The number of hydrogen-bond acceptors (Lipinski definition) is 2. The highest BCUT2D eigenvalue weighted by Gasteiger charge is 2.69. The molecule has 33 heavy (non-hydrogen) atoms. The van der Waals surface area contributed by atoms with Crippen molar-refractivity contribution in [2.75, 3.05) is 0 Å². The lowest BCUT2D eigenvalue weighted by Crippen LogP contribution is -2.66. The molecule has 5 aliphatic carbocycles. The molecule has 2 N–H and O–H groups in total. The quantitative estimate of drug-likeness (QED) is 0.414. The summed E-state index contributed by atoms with van der Waals surface area (Å²) in [5.74, 6) is 1.96. The molecule has 0 radical (unpaired) electrons. The van der Waals surface area contributed by atoms with Crippen molar-refractivity contribution in [1.29, 1.82) is 0 Å². The summed E-state index contributed by atoms with van der Waals surface area (Å²) in [6, 6.07) is 0. The van der Waals surface area contributed by atoms with Gasteiger partial charge in [-0.05, 0) is 116 Å². The van der Waals surface area contributed by atoms with Gasteiger partial charge in [-0.1, -0.05) is 53.2 Å². The maximum Gasteiger partial charge on any atom is 0.312 e. The van der Waals surface area contributed by atoms with E-state index in [-0.39, 0.29) is 22.2 Å². The second-order valence-corrected chi connectivity index (χ2v) is 14.4. The van der Waals surface area contributed by atoms with Crippen LogP contribution in [-0.2, 0) is 4.79 Å². The third kappa shape index (κ3) is 2.75. The number of aliphatic carboxylic acids is 1. The lowest BCUT2D eigenvalue weighted by molar-refractivity contribution is -0.217. The highest BCUT2D eigenvalue weighted by Crippen LogP contribution is 2.75. The van der Waals surface area contributed by atoms with Gasteiger partial charge >= 0.3 is 5.97 Å². The fraction of sp³-hybridized carbons (Fsp3) is 0.900. The van der Waals surface area contributed by atoms with Crippen LogP contribution in [0.15, 0.2) is 11.6 Å². The molecule has 3 nitrogen and oxygen atoms in total. The van der Waals surface area contributed by atoms with Crippen LogP contribution < -0.4 is 0 Å². The zero-order valence-corrected chi connectivity index (χ0v) is 22.2. The van der Waals surface area contributed by atoms with Crippen molar-refractivity contribution in [3.05, 3.63) is 11.6 Å². The van der Waals surface area contributed by atoms with Crippen LogP contribution in [0.5, 0.6) is 0 Å². The van der Waals surface area contributed by atoms with E-state index >= 15 is 0 Å². The van der Waals surface area contributed by atoms with Crippen molar-refractivity contribution in [2.45, 2.75) is 112 Å². The number of aliphatic hydroxyl groups excluding tert-OH is 1. The van der Waals surface area contributed by atoms with Gasteiger partial charge < -0.3 is 10.2 Å². The number of carboxylic acid groups (broad SMARTS) is 1. The summed E-state index contributed by atoms with van der Waals surface area (Å²) in [4.78, 5) is 12.5. The van der Waals surface area contributed by atoms with Crippen molar-refractivity contribution >= 4 is 5.97 Å². The largest absolute Gasteiger partial charge is 0.481 e. The van der Waals surface area contributed by atoms with Gasteiger partial charge in [0.15, 0.2) is 0 Å². The summed E-state index contributed by atoms with van der Waals surface area (Å²) >= 11 is 0. The molecule has 0 aromatic rings. The molecule has 0 amide bonds. The number of hydrogen-bond donors (Lipinski definition) is 2. The maximum absolute atomic E-state index is 12.5. The van der Waals surface area contributed by atoms with Gasteiger partial charge in [-0.2, -0.15) is 0 Å². The minimum Gasteiger partial charge on any atom is -0.481 e. The summed E-state index contributed by atoms with van der Waals surface area (Å²) in [5.41, 5.74) is 1.56. The zero-order valence-electron chi connectivity index (χ0n) is 22.2. The first-order valence-electron chi connectivity index (χ1n) is 13.9. The van der Waals surface area contributed by atoms with E-state index in [1.54, 1.807) is 5.57 Å². The van der Waals surface area contributed by atoms with Gasteiger partial charge in [0, 0.05) is 0 Å². The van der Waals surface area contributed by atoms with Crippen molar-refractivity contribution in [2.24, 2.45) is 56.7 Å². The normalized spacial score (nSPS) is 58.2. The first-order valence-corrected chi connectivity index (χ1v) is 13.9. The second-order valence-electron chi connectivity index (χ2n) is 14.4. The molecule has 4 fully saturated rings. The molecule has 5 aliphatic rings. The molecule has 4 saturated carbocycles. The lowest BCUT2D eigenvalue weighted by Gasteiger charge is -2.71. The van der Waals surface area contributed by atoms with Crippen molar-refractivity contribution in [3.8, 4) is 0 Å². The number of rotatable bonds is 1. The average Bonchev–Trinajstić information content (AvgIpc) is 2.75. The van der Waals surface area contributed by atoms with Gasteiger partial charge in [0.05, 0.1) is 11.5 Å². The van der Waals surface area contributed by atoms with E-state index in [0.717, 1.165) is 37.5 Å². The zero-order chi connectivity index (χ0) is 24.2. The maximum atomic E-state index is 12.5. The molecule has 0 heterocycles. The Labute approximate surface area is 201 Å².